The summed E-state index contributed by atoms with van der Waals surface area (Å²) in [5.74, 6) is -5.46. The molecule has 0 fully saturated rings. The first kappa shape index (κ1) is 13.5. The Labute approximate surface area is 96.8 Å². The van der Waals surface area contributed by atoms with Crippen molar-refractivity contribution in [3.05, 3.63) is 29.6 Å². The summed E-state index contributed by atoms with van der Waals surface area (Å²) in [7, 11) is 0. The summed E-state index contributed by atoms with van der Waals surface area (Å²) < 4.78 is 38.7. The van der Waals surface area contributed by atoms with Gasteiger partial charge in [-0.2, -0.15) is 0 Å². The van der Waals surface area contributed by atoms with E-state index in [0.29, 0.717) is 0 Å². The Hall–Kier alpha value is -1.56. The Morgan fingerprint density at radius 2 is 1.82 bits per heavy atom. The van der Waals surface area contributed by atoms with Crippen molar-refractivity contribution in [3.63, 3.8) is 0 Å². The molecule has 0 aliphatic carbocycles. The first-order valence-corrected chi connectivity index (χ1v) is 5.04. The van der Waals surface area contributed by atoms with Crippen LogP contribution in [0.25, 0.3) is 0 Å². The van der Waals surface area contributed by atoms with E-state index in [2.05, 4.69) is 5.32 Å². The zero-order valence-corrected chi connectivity index (χ0v) is 9.43. The van der Waals surface area contributed by atoms with Crippen molar-refractivity contribution >= 4 is 11.6 Å². The standard InChI is InChI=1S/C11H13F3N2O/c1-5(6(2)15)11(17)16-8-4-3-7(12)9(13)10(8)14/h3-6H,15H2,1-2H3,(H,16,17). The normalized spacial score (nSPS) is 14.2. The molecule has 6 heteroatoms. The van der Waals surface area contributed by atoms with Crippen LogP contribution in [0.2, 0.25) is 0 Å². The van der Waals surface area contributed by atoms with Gasteiger partial charge < -0.3 is 11.1 Å². The molecule has 0 aliphatic heterocycles. The summed E-state index contributed by atoms with van der Waals surface area (Å²) in [6, 6.07) is 1.27. The number of carbonyl (C=O) groups excluding carboxylic acids is 1. The van der Waals surface area contributed by atoms with Gasteiger partial charge in [0.05, 0.1) is 11.6 Å². The largest absolute Gasteiger partial charge is 0.327 e. The molecule has 0 bridgehead atoms. The highest BCUT2D eigenvalue weighted by molar-refractivity contribution is 5.92. The van der Waals surface area contributed by atoms with E-state index in [9.17, 15) is 18.0 Å². The monoisotopic (exact) mass is 246 g/mol. The number of hydrogen-bond acceptors (Lipinski definition) is 2. The molecule has 1 amide bonds. The molecule has 0 saturated heterocycles. The van der Waals surface area contributed by atoms with Crippen LogP contribution in [-0.4, -0.2) is 11.9 Å². The molecule has 17 heavy (non-hydrogen) atoms. The lowest BCUT2D eigenvalue weighted by atomic mass is 10.0. The number of benzene rings is 1. The van der Waals surface area contributed by atoms with Crippen LogP contribution in [0.1, 0.15) is 13.8 Å². The SMILES string of the molecule is CC(N)C(C)C(=O)Nc1ccc(F)c(F)c1F. The van der Waals surface area contributed by atoms with Gasteiger partial charge in [-0.15, -0.1) is 0 Å². The predicted octanol–water partition coefficient (Wildman–Crippen LogP) is 2.03. The van der Waals surface area contributed by atoms with Crippen molar-refractivity contribution in [2.45, 2.75) is 19.9 Å². The van der Waals surface area contributed by atoms with E-state index in [-0.39, 0.29) is 0 Å². The Morgan fingerprint density at radius 3 is 2.35 bits per heavy atom. The van der Waals surface area contributed by atoms with Gasteiger partial charge in [0, 0.05) is 6.04 Å². The van der Waals surface area contributed by atoms with E-state index in [1.807, 2.05) is 0 Å². The zero-order chi connectivity index (χ0) is 13.2. The van der Waals surface area contributed by atoms with Gasteiger partial charge in [-0.1, -0.05) is 6.92 Å². The first-order chi connectivity index (χ1) is 7.84. The van der Waals surface area contributed by atoms with Crippen LogP contribution in [0.5, 0.6) is 0 Å². The lowest BCUT2D eigenvalue weighted by Gasteiger charge is -2.15. The Kier molecular flexibility index (Phi) is 4.11. The average Bonchev–Trinajstić information content (AvgIpc) is 2.28. The minimum atomic E-state index is -1.61. The van der Waals surface area contributed by atoms with E-state index in [1.54, 1.807) is 13.8 Å². The molecule has 0 aromatic heterocycles. The second-order valence-corrected chi connectivity index (χ2v) is 3.86. The van der Waals surface area contributed by atoms with Crippen molar-refractivity contribution in [3.8, 4) is 0 Å². The van der Waals surface area contributed by atoms with Gasteiger partial charge in [-0.05, 0) is 19.1 Å². The zero-order valence-electron chi connectivity index (χ0n) is 9.43. The third-order valence-electron chi connectivity index (χ3n) is 2.50. The molecule has 0 heterocycles. The number of anilines is 1. The summed E-state index contributed by atoms with van der Waals surface area (Å²) in [5.41, 5.74) is 5.09. The van der Waals surface area contributed by atoms with E-state index in [1.165, 1.54) is 0 Å². The molecule has 0 radical (unpaired) electrons. The van der Waals surface area contributed by atoms with E-state index >= 15 is 0 Å². The van der Waals surface area contributed by atoms with Crippen molar-refractivity contribution in [2.24, 2.45) is 11.7 Å². The molecule has 1 aromatic rings. The molecule has 1 aromatic carbocycles. The predicted molar refractivity (Wildman–Crippen MR) is 57.8 cm³/mol. The molecular formula is C11H13F3N2O. The van der Waals surface area contributed by atoms with Crippen molar-refractivity contribution in [1.29, 1.82) is 0 Å². The van der Waals surface area contributed by atoms with Crippen LogP contribution in [-0.2, 0) is 4.79 Å². The van der Waals surface area contributed by atoms with Crippen LogP contribution >= 0.6 is 0 Å². The van der Waals surface area contributed by atoms with E-state index < -0.39 is 41.0 Å². The molecule has 2 atom stereocenters. The van der Waals surface area contributed by atoms with Gasteiger partial charge in [0.25, 0.3) is 0 Å². The molecule has 3 N–H and O–H groups in total. The molecular weight excluding hydrogens is 233 g/mol. The molecule has 0 saturated carbocycles. The van der Waals surface area contributed by atoms with Gasteiger partial charge in [-0.25, -0.2) is 13.2 Å². The van der Waals surface area contributed by atoms with Crippen LogP contribution in [0.4, 0.5) is 18.9 Å². The summed E-state index contributed by atoms with van der Waals surface area (Å²) in [4.78, 5) is 11.5. The van der Waals surface area contributed by atoms with Crippen molar-refractivity contribution < 1.29 is 18.0 Å². The highest BCUT2D eigenvalue weighted by Crippen LogP contribution is 2.20. The molecule has 2 unspecified atom stereocenters. The Morgan fingerprint density at radius 1 is 1.24 bits per heavy atom. The Bertz CT molecular complexity index is 435. The number of nitrogens with one attached hydrogen (secondary N) is 1. The maximum absolute atomic E-state index is 13.2. The van der Waals surface area contributed by atoms with Crippen LogP contribution in [0.3, 0.4) is 0 Å². The van der Waals surface area contributed by atoms with Crippen molar-refractivity contribution in [1.82, 2.24) is 0 Å². The summed E-state index contributed by atoms with van der Waals surface area (Å²) >= 11 is 0. The van der Waals surface area contributed by atoms with Gasteiger partial charge >= 0.3 is 0 Å². The third kappa shape index (κ3) is 2.97. The number of amides is 1. The van der Waals surface area contributed by atoms with Crippen LogP contribution in [0.15, 0.2) is 12.1 Å². The second-order valence-electron chi connectivity index (χ2n) is 3.86. The fourth-order valence-corrected chi connectivity index (χ4v) is 1.11. The fourth-order valence-electron chi connectivity index (χ4n) is 1.11. The van der Waals surface area contributed by atoms with E-state index in [0.717, 1.165) is 12.1 Å². The maximum Gasteiger partial charge on any atom is 0.228 e. The fraction of sp³-hybridized carbons (Fsp3) is 0.364. The highest BCUT2D eigenvalue weighted by atomic mass is 19.2. The minimum absolute atomic E-state index is 0.401. The number of carbonyl (C=O) groups is 1. The topological polar surface area (TPSA) is 55.1 Å². The molecule has 3 nitrogen and oxygen atoms in total. The van der Waals surface area contributed by atoms with Gasteiger partial charge in [0.15, 0.2) is 17.5 Å². The average molecular weight is 246 g/mol. The maximum atomic E-state index is 13.2. The number of nitrogens with two attached hydrogens (primary N) is 1. The lowest BCUT2D eigenvalue weighted by molar-refractivity contribution is -0.119. The second kappa shape index (κ2) is 5.18. The quantitative estimate of drug-likeness (QED) is 0.802. The van der Waals surface area contributed by atoms with Gasteiger partial charge in [-0.3, -0.25) is 4.79 Å². The minimum Gasteiger partial charge on any atom is -0.327 e. The number of halogens is 3. The molecule has 0 aliphatic rings. The first-order valence-electron chi connectivity index (χ1n) is 5.04. The van der Waals surface area contributed by atoms with Gasteiger partial charge in [0.2, 0.25) is 5.91 Å². The summed E-state index contributed by atoms with van der Waals surface area (Å²) in [6.45, 7) is 3.17. The van der Waals surface area contributed by atoms with E-state index in [4.69, 9.17) is 5.73 Å². The van der Waals surface area contributed by atoms with Gasteiger partial charge in [0.1, 0.15) is 0 Å². The number of hydrogen-bond donors (Lipinski definition) is 2. The van der Waals surface area contributed by atoms with Crippen molar-refractivity contribution in [2.75, 3.05) is 5.32 Å². The molecule has 1 rings (SSSR count). The summed E-state index contributed by atoms with van der Waals surface area (Å²) in [6.07, 6.45) is 0. The smallest absolute Gasteiger partial charge is 0.228 e. The third-order valence-corrected chi connectivity index (χ3v) is 2.50. The van der Waals surface area contributed by atoms with Crippen LogP contribution < -0.4 is 11.1 Å². The molecule has 94 valence electrons. The van der Waals surface area contributed by atoms with Crippen LogP contribution in [0, 0.1) is 23.4 Å². The number of rotatable bonds is 3. The lowest BCUT2D eigenvalue weighted by Crippen LogP contribution is -2.34. The summed E-state index contributed by atoms with van der Waals surface area (Å²) in [5, 5.41) is 2.16. The highest BCUT2D eigenvalue weighted by Gasteiger charge is 2.20. The molecule has 0 spiro atoms. The Balaban J connectivity index is 2.90.